The number of nitrogens with one attached hydrogen (secondary N) is 1. The van der Waals surface area contributed by atoms with Crippen LogP contribution in [0.5, 0.6) is 0 Å². The molecular weight excluding hydrogens is 281 g/mol. The third kappa shape index (κ3) is 3.17. The smallest absolute Gasteiger partial charge is 0.135 e. The average molecular weight is 296 g/mol. The van der Waals surface area contributed by atoms with Crippen molar-refractivity contribution in [2.24, 2.45) is 0 Å². The first-order chi connectivity index (χ1) is 9.01. The average Bonchev–Trinajstić information content (AvgIpc) is 2.38. The molecule has 0 radical (unpaired) electrons. The van der Waals surface area contributed by atoms with E-state index in [2.05, 4.69) is 15.3 Å². The van der Waals surface area contributed by atoms with Crippen molar-refractivity contribution in [3.05, 3.63) is 50.9 Å². The van der Waals surface area contributed by atoms with E-state index in [1.54, 1.807) is 6.07 Å². The normalized spacial score (nSPS) is 10.6. The third-order valence-electron chi connectivity index (χ3n) is 3.02. The number of hydrogen-bond acceptors (Lipinski definition) is 3. The van der Waals surface area contributed by atoms with Crippen molar-refractivity contribution in [3.63, 3.8) is 0 Å². The second-order valence-corrected chi connectivity index (χ2v) is 5.19. The van der Waals surface area contributed by atoms with E-state index in [0.717, 1.165) is 28.5 Å². The number of rotatable bonds is 3. The van der Waals surface area contributed by atoms with E-state index in [-0.39, 0.29) is 0 Å². The largest absolute Gasteiger partial charge is 0.373 e. The molecular formula is C14H15Cl2N3. The molecule has 0 unspecified atom stereocenters. The molecule has 1 aromatic heterocycles. The van der Waals surface area contributed by atoms with Gasteiger partial charge in [-0.25, -0.2) is 9.97 Å². The molecule has 0 spiro atoms. The lowest BCUT2D eigenvalue weighted by atomic mass is 10.1. The van der Waals surface area contributed by atoms with E-state index in [0.29, 0.717) is 16.5 Å². The molecule has 0 amide bonds. The quantitative estimate of drug-likeness (QED) is 0.929. The lowest BCUT2D eigenvalue weighted by molar-refractivity contribution is 0.929. The Morgan fingerprint density at radius 2 is 1.84 bits per heavy atom. The van der Waals surface area contributed by atoms with Crippen LogP contribution >= 0.6 is 23.2 Å². The van der Waals surface area contributed by atoms with Gasteiger partial charge in [-0.3, -0.25) is 0 Å². The number of hydrogen-bond donors (Lipinski definition) is 1. The molecule has 1 N–H and O–H groups in total. The molecule has 0 saturated carbocycles. The first-order valence-corrected chi connectivity index (χ1v) is 6.72. The minimum atomic E-state index is 0.553. The number of halogens is 2. The number of aromatic nitrogens is 2. The van der Waals surface area contributed by atoms with Gasteiger partial charge in [0.15, 0.2) is 0 Å². The molecule has 0 atom stereocenters. The Kier molecular flexibility index (Phi) is 4.27. The standard InChI is InChI=1S/C14H15Cl2N3/c1-8-9(2)18-13(19-14(8)17-3)7-10-4-5-11(15)12(16)6-10/h4-6H,7H2,1-3H3,(H,17,18,19). The zero-order chi connectivity index (χ0) is 14.0. The Morgan fingerprint density at radius 1 is 1.11 bits per heavy atom. The fraction of sp³-hybridized carbons (Fsp3) is 0.286. The van der Waals surface area contributed by atoms with E-state index in [4.69, 9.17) is 23.2 Å². The van der Waals surface area contributed by atoms with Gasteiger partial charge in [0.25, 0.3) is 0 Å². The Labute approximate surface area is 123 Å². The summed E-state index contributed by atoms with van der Waals surface area (Å²) in [6, 6.07) is 5.58. The zero-order valence-electron chi connectivity index (χ0n) is 11.1. The van der Waals surface area contributed by atoms with Crippen LogP contribution in [0.3, 0.4) is 0 Å². The fourth-order valence-electron chi connectivity index (χ4n) is 1.84. The number of nitrogens with zero attached hydrogens (tertiary/aromatic N) is 2. The minimum absolute atomic E-state index is 0.553. The highest BCUT2D eigenvalue weighted by molar-refractivity contribution is 6.42. The van der Waals surface area contributed by atoms with Gasteiger partial charge in [0.05, 0.1) is 10.0 Å². The summed E-state index contributed by atoms with van der Waals surface area (Å²) in [5.74, 6) is 1.63. The van der Waals surface area contributed by atoms with Crippen molar-refractivity contribution >= 4 is 29.0 Å². The lowest BCUT2D eigenvalue weighted by Gasteiger charge is -2.10. The molecule has 0 bridgehead atoms. The lowest BCUT2D eigenvalue weighted by Crippen LogP contribution is -2.05. The minimum Gasteiger partial charge on any atom is -0.373 e. The molecule has 1 heterocycles. The summed E-state index contributed by atoms with van der Waals surface area (Å²) in [5, 5.41) is 4.19. The fourth-order valence-corrected chi connectivity index (χ4v) is 2.16. The van der Waals surface area contributed by atoms with Gasteiger partial charge in [-0.05, 0) is 31.5 Å². The van der Waals surface area contributed by atoms with Gasteiger partial charge in [0.2, 0.25) is 0 Å². The monoisotopic (exact) mass is 295 g/mol. The summed E-state index contributed by atoms with van der Waals surface area (Å²) < 4.78 is 0. The van der Waals surface area contributed by atoms with Crippen LogP contribution < -0.4 is 5.32 Å². The molecule has 0 saturated heterocycles. The summed E-state index contributed by atoms with van der Waals surface area (Å²) in [6.07, 6.45) is 0.632. The Hall–Kier alpha value is -1.32. The SMILES string of the molecule is CNc1nc(Cc2ccc(Cl)c(Cl)c2)nc(C)c1C. The number of benzene rings is 1. The van der Waals surface area contributed by atoms with Crippen LogP contribution in [0.2, 0.25) is 10.0 Å². The van der Waals surface area contributed by atoms with E-state index in [9.17, 15) is 0 Å². The molecule has 0 aliphatic rings. The second kappa shape index (κ2) is 5.76. The highest BCUT2D eigenvalue weighted by atomic mass is 35.5. The molecule has 1 aromatic carbocycles. The Balaban J connectivity index is 2.32. The van der Waals surface area contributed by atoms with Crippen LogP contribution in [-0.2, 0) is 6.42 Å². The van der Waals surface area contributed by atoms with E-state index in [1.165, 1.54) is 0 Å². The van der Waals surface area contributed by atoms with Crippen molar-refractivity contribution in [1.29, 1.82) is 0 Å². The molecule has 0 fully saturated rings. The topological polar surface area (TPSA) is 37.8 Å². The van der Waals surface area contributed by atoms with Gasteiger partial charge < -0.3 is 5.32 Å². The van der Waals surface area contributed by atoms with Crippen molar-refractivity contribution in [2.45, 2.75) is 20.3 Å². The molecule has 0 aliphatic carbocycles. The van der Waals surface area contributed by atoms with Crippen molar-refractivity contribution in [1.82, 2.24) is 9.97 Å². The molecule has 2 aromatic rings. The summed E-state index contributed by atoms with van der Waals surface area (Å²) in [5.41, 5.74) is 3.09. The van der Waals surface area contributed by atoms with Crippen LogP contribution in [0.1, 0.15) is 22.6 Å². The predicted octanol–water partition coefficient (Wildman–Crippen LogP) is 4.03. The van der Waals surface area contributed by atoms with Gasteiger partial charge in [0, 0.05) is 24.7 Å². The Bertz CT molecular complexity index is 612. The summed E-state index contributed by atoms with van der Waals surface area (Å²) >= 11 is 11.9. The molecule has 5 heteroatoms. The molecule has 3 nitrogen and oxygen atoms in total. The van der Waals surface area contributed by atoms with Crippen LogP contribution in [0.25, 0.3) is 0 Å². The maximum Gasteiger partial charge on any atom is 0.135 e. The third-order valence-corrected chi connectivity index (χ3v) is 3.76. The van der Waals surface area contributed by atoms with Gasteiger partial charge >= 0.3 is 0 Å². The summed E-state index contributed by atoms with van der Waals surface area (Å²) in [7, 11) is 1.86. The number of anilines is 1. The van der Waals surface area contributed by atoms with Crippen molar-refractivity contribution in [2.75, 3.05) is 12.4 Å². The van der Waals surface area contributed by atoms with Crippen LogP contribution in [0.4, 0.5) is 5.82 Å². The second-order valence-electron chi connectivity index (χ2n) is 4.37. The zero-order valence-corrected chi connectivity index (χ0v) is 12.6. The van der Waals surface area contributed by atoms with Crippen LogP contribution in [-0.4, -0.2) is 17.0 Å². The first-order valence-electron chi connectivity index (χ1n) is 5.97. The van der Waals surface area contributed by atoms with E-state index < -0.39 is 0 Å². The van der Waals surface area contributed by atoms with E-state index in [1.807, 2.05) is 33.0 Å². The number of aryl methyl sites for hydroxylation is 1. The van der Waals surface area contributed by atoms with Crippen LogP contribution in [0, 0.1) is 13.8 Å². The van der Waals surface area contributed by atoms with Gasteiger partial charge in [0.1, 0.15) is 11.6 Å². The van der Waals surface area contributed by atoms with Crippen molar-refractivity contribution < 1.29 is 0 Å². The van der Waals surface area contributed by atoms with Crippen molar-refractivity contribution in [3.8, 4) is 0 Å². The molecule has 2 rings (SSSR count). The first kappa shape index (κ1) is 14.1. The Morgan fingerprint density at radius 3 is 2.47 bits per heavy atom. The maximum absolute atomic E-state index is 6.01. The maximum atomic E-state index is 6.01. The van der Waals surface area contributed by atoms with E-state index >= 15 is 0 Å². The molecule has 100 valence electrons. The van der Waals surface area contributed by atoms with Crippen LogP contribution in [0.15, 0.2) is 18.2 Å². The highest BCUT2D eigenvalue weighted by Crippen LogP contribution is 2.24. The highest BCUT2D eigenvalue weighted by Gasteiger charge is 2.08. The summed E-state index contributed by atoms with van der Waals surface area (Å²) in [6.45, 7) is 3.99. The van der Waals surface area contributed by atoms with Gasteiger partial charge in [-0.2, -0.15) is 0 Å². The predicted molar refractivity (Wildman–Crippen MR) is 80.3 cm³/mol. The molecule has 19 heavy (non-hydrogen) atoms. The van der Waals surface area contributed by atoms with Gasteiger partial charge in [-0.1, -0.05) is 29.3 Å². The summed E-state index contributed by atoms with van der Waals surface area (Å²) in [4.78, 5) is 9.00. The van der Waals surface area contributed by atoms with Gasteiger partial charge in [-0.15, -0.1) is 0 Å². The molecule has 0 aliphatic heterocycles.